The van der Waals surface area contributed by atoms with Crippen molar-refractivity contribution in [2.75, 3.05) is 31.6 Å². The zero-order chi connectivity index (χ0) is 24.6. The van der Waals surface area contributed by atoms with Crippen LogP contribution in [0.3, 0.4) is 0 Å². The number of aliphatic carboxylic acids is 1. The molecule has 0 saturated carbocycles. The van der Waals surface area contributed by atoms with E-state index in [0.717, 1.165) is 17.0 Å². The first-order valence-electron chi connectivity index (χ1n) is 9.75. The van der Waals surface area contributed by atoms with Gasteiger partial charge in [-0.15, -0.1) is 0 Å². The number of carbonyl (C=O) groups excluding carboxylic acids is 1. The fourth-order valence-corrected chi connectivity index (χ4v) is 2.94. The van der Waals surface area contributed by atoms with Gasteiger partial charge in [-0.2, -0.15) is 13.2 Å². The molecule has 1 saturated heterocycles. The number of anilines is 1. The van der Waals surface area contributed by atoms with Crippen LogP contribution in [0, 0.1) is 13.8 Å². The molecule has 8 nitrogen and oxygen atoms in total. The first-order valence-corrected chi connectivity index (χ1v) is 10.1. The molecular weight excluding hydrogens is 467 g/mol. The fourth-order valence-electron chi connectivity index (χ4n) is 2.82. The Morgan fingerprint density at radius 1 is 1.27 bits per heavy atom. The van der Waals surface area contributed by atoms with Gasteiger partial charge in [-0.1, -0.05) is 11.6 Å². The third kappa shape index (κ3) is 9.15. The predicted molar refractivity (Wildman–Crippen MR) is 115 cm³/mol. The van der Waals surface area contributed by atoms with Crippen LogP contribution in [-0.2, 0) is 9.53 Å². The molecule has 1 aliphatic heterocycles. The topological polar surface area (TPSA) is 101 Å². The van der Waals surface area contributed by atoms with Crippen LogP contribution in [0.15, 0.2) is 36.4 Å². The first kappa shape index (κ1) is 26.2. The zero-order valence-corrected chi connectivity index (χ0v) is 18.6. The molecule has 2 N–H and O–H groups in total. The number of urea groups is 1. The standard InChI is InChI=1S/C19H22ClN3O3.C2HF3O2/c1-13-9-14(2)21-18(10-13)22-19(24)23-7-8-25-17(11-23)12-26-16-5-3-15(20)4-6-16;3-2(4,5)1(6)7/h3-6,9-10,17H,7-8,11-12H2,1-2H3,(H,21,22,24);(H,6,7). The van der Waals surface area contributed by atoms with Crippen LogP contribution < -0.4 is 10.1 Å². The average Bonchev–Trinajstić information content (AvgIpc) is 2.72. The van der Waals surface area contributed by atoms with Crippen LogP contribution in [0.2, 0.25) is 5.02 Å². The highest BCUT2D eigenvalue weighted by Crippen LogP contribution is 2.17. The number of benzene rings is 1. The van der Waals surface area contributed by atoms with Gasteiger partial charge < -0.3 is 19.5 Å². The second kappa shape index (κ2) is 11.7. The highest BCUT2D eigenvalue weighted by Gasteiger charge is 2.38. The van der Waals surface area contributed by atoms with Crippen LogP contribution in [0.25, 0.3) is 0 Å². The highest BCUT2D eigenvalue weighted by atomic mass is 35.5. The molecule has 1 aromatic carbocycles. The van der Waals surface area contributed by atoms with Crippen molar-refractivity contribution in [1.29, 1.82) is 0 Å². The maximum absolute atomic E-state index is 12.5. The van der Waals surface area contributed by atoms with E-state index in [2.05, 4.69) is 10.3 Å². The number of hydrogen-bond acceptors (Lipinski definition) is 5. The summed E-state index contributed by atoms with van der Waals surface area (Å²) >= 11 is 5.86. The average molecular weight is 490 g/mol. The Balaban J connectivity index is 0.000000479. The minimum absolute atomic E-state index is 0.178. The van der Waals surface area contributed by atoms with Gasteiger partial charge in [-0.05, 0) is 55.8 Å². The summed E-state index contributed by atoms with van der Waals surface area (Å²) < 4.78 is 43.2. The van der Waals surface area contributed by atoms with Crippen molar-refractivity contribution in [2.45, 2.75) is 26.1 Å². The van der Waals surface area contributed by atoms with Crippen LogP contribution in [-0.4, -0.2) is 65.6 Å². The molecule has 180 valence electrons. The summed E-state index contributed by atoms with van der Waals surface area (Å²) in [4.78, 5) is 27.5. The van der Waals surface area contributed by atoms with E-state index in [-0.39, 0.29) is 12.1 Å². The summed E-state index contributed by atoms with van der Waals surface area (Å²) in [5.41, 5.74) is 1.93. The lowest BCUT2D eigenvalue weighted by Crippen LogP contribution is -2.49. The lowest BCUT2D eigenvalue weighted by molar-refractivity contribution is -0.192. The molecule has 0 spiro atoms. The Morgan fingerprint density at radius 3 is 2.48 bits per heavy atom. The lowest BCUT2D eigenvalue weighted by atomic mass is 10.2. The summed E-state index contributed by atoms with van der Waals surface area (Å²) in [5.74, 6) is -1.47. The van der Waals surface area contributed by atoms with Crippen molar-refractivity contribution in [3.63, 3.8) is 0 Å². The third-order valence-corrected chi connectivity index (χ3v) is 4.50. The molecule has 1 aromatic heterocycles. The van der Waals surface area contributed by atoms with E-state index in [1.54, 1.807) is 29.2 Å². The maximum atomic E-state index is 12.5. The smallest absolute Gasteiger partial charge is 0.490 e. The number of pyridine rings is 1. The number of aromatic nitrogens is 1. The van der Waals surface area contributed by atoms with Gasteiger partial charge in [0.05, 0.1) is 13.2 Å². The SMILES string of the molecule is Cc1cc(C)nc(NC(=O)N2CCOC(COc3ccc(Cl)cc3)C2)c1.O=C(O)C(F)(F)F. The monoisotopic (exact) mass is 489 g/mol. The Hall–Kier alpha value is -3.05. The third-order valence-electron chi connectivity index (χ3n) is 4.25. The minimum atomic E-state index is -5.08. The Morgan fingerprint density at radius 2 is 1.91 bits per heavy atom. The maximum Gasteiger partial charge on any atom is 0.490 e. The molecule has 33 heavy (non-hydrogen) atoms. The van der Waals surface area contributed by atoms with Crippen molar-refractivity contribution in [3.05, 3.63) is 52.7 Å². The van der Waals surface area contributed by atoms with Crippen molar-refractivity contribution in [1.82, 2.24) is 9.88 Å². The van der Waals surface area contributed by atoms with E-state index in [4.69, 9.17) is 31.0 Å². The second-order valence-corrected chi connectivity index (χ2v) is 7.54. The molecule has 3 rings (SSSR count). The number of nitrogens with one attached hydrogen (secondary N) is 1. The highest BCUT2D eigenvalue weighted by molar-refractivity contribution is 6.30. The van der Waals surface area contributed by atoms with Gasteiger partial charge in [0.25, 0.3) is 0 Å². The van der Waals surface area contributed by atoms with Gasteiger partial charge >= 0.3 is 18.2 Å². The molecule has 1 unspecified atom stereocenters. The molecule has 12 heteroatoms. The van der Waals surface area contributed by atoms with E-state index in [9.17, 15) is 18.0 Å². The largest absolute Gasteiger partial charge is 0.491 e. The number of hydrogen-bond donors (Lipinski definition) is 2. The van der Waals surface area contributed by atoms with Crippen molar-refractivity contribution in [2.24, 2.45) is 0 Å². The number of amides is 2. The van der Waals surface area contributed by atoms with Gasteiger partial charge in [-0.25, -0.2) is 14.6 Å². The quantitative estimate of drug-likeness (QED) is 0.664. The Bertz CT molecular complexity index is 937. The zero-order valence-electron chi connectivity index (χ0n) is 17.9. The van der Waals surface area contributed by atoms with E-state index in [0.29, 0.717) is 37.1 Å². The van der Waals surface area contributed by atoms with Crippen LogP contribution in [0.5, 0.6) is 5.75 Å². The number of nitrogens with zero attached hydrogens (tertiary/aromatic N) is 2. The van der Waals surface area contributed by atoms with Crippen molar-refractivity contribution in [3.8, 4) is 5.75 Å². The molecule has 1 fully saturated rings. The molecule has 2 aromatic rings. The second-order valence-electron chi connectivity index (χ2n) is 7.11. The summed E-state index contributed by atoms with van der Waals surface area (Å²) in [6.45, 7) is 5.72. The van der Waals surface area contributed by atoms with Gasteiger partial charge in [0.1, 0.15) is 24.3 Å². The number of carbonyl (C=O) groups is 2. The number of ether oxygens (including phenoxy) is 2. The van der Waals surface area contributed by atoms with Crippen LogP contribution in [0.4, 0.5) is 23.8 Å². The lowest BCUT2D eigenvalue weighted by Gasteiger charge is -2.32. The molecule has 2 heterocycles. The van der Waals surface area contributed by atoms with Gasteiger partial charge in [0.2, 0.25) is 0 Å². The van der Waals surface area contributed by atoms with Crippen molar-refractivity contribution < 1.29 is 37.3 Å². The summed E-state index contributed by atoms with van der Waals surface area (Å²) in [6.07, 6.45) is -5.27. The number of rotatable bonds is 4. The molecular formula is C21H23ClF3N3O5. The minimum Gasteiger partial charge on any atom is -0.491 e. The number of alkyl halides is 3. The Kier molecular flexibility index (Phi) is 9.30. The predicted octanol–water partition coefficient (Wildman–Crippen LogP) is 4.30. The number of halogens is 4. The number of carboxylic acids is 1. The molecule has 1 atom stereocenters. The van der Waals surface area contributed by atoms with Gasteiger partial charge in [-0.3, -0.25) is 5.32 Å². The normalized spacial score (nSPS) is 15.8. The summed E-state index contributed by atoms with van der Waals surface area (Å²) in [6, 6.07) is 10.8. The molecule has 0 aliphatic carbocycles. The fraction of sp³-hybridized carbons (Fsp3) is 0.381. The first-order chi connectivity index (χ1) is 15.4. The molecule has 1 aliphatic rings. The number of aryl methyl sites for hydroxylation is 2. The van der Waals surface area contributed by atoms with Gasteiger partial charge in [0, 0.05) is 17.3 Å². The van der Waals surface area contributed by atoms with E-state index >= 15 is 0 Å². The van der Waals surface area contributed by atoms with E-state index in [1.807, 2.05) is 26.0 Å². The Labute approximate surface area is 193 Å². The van der Waals surface area contributed by atoms with E-state index in [1.165, 1.54) is 0 Å². The molecule has 0 radical (unpaired) electrons. The van der Waals surface area contributed by atoms with Gasteiger partial charge in [0.15, 0.2) is 0 Å². The summed E-state index contributed by atoms with van der Waals surface area (Å²) in [7, 11) is 0. The molecule has 2 amide bonds. The van der Waals surface area contributed by atoms with Crippen LogP contribution >= 0.6 is 11.6 Å². The number of morpholine rings is 1. The number of carboxylic acid groups (broad SMARTS) is 1. The van der Waals surface area contributed by atoms with Crippen LogP contribution in [0.1, 0.15) is 11.3 Å². The summed E-state index contributed by atoms with van der Waals surface area (Å²) in [5, 5.41) is 10.6. The van der Waals surface area contributed by atoms with E-state index < -0.39 is 12.1 Å². The molecule has 0 bridgehead atoms. The van der Waals surface area contributed by atoms with Crippen molar-refractivity contribution >= 4 is 29.4 Å².